The number of halogens is 4. The molecule has 0 radical (unpaired) electrons. The lowest BCUT2D eigenvalue weighted by molar-refractivity contribution is -0.192. The molecule has 2 amide bonds. The van der Waals surface area contributed by atoms with E-state index in [4.69, 9.17) is 21.5 Å². The number of carboxylic acid groups (broad SMARTS) is 1. The van der Waals surface area contributed by atoms with E-state index < -0.39 is 22.2 Å². The lowest BCUT2D eigenvalue weighted by atomic mass is 10.1. The molecule has 1 aliphatic heterocycles. The third-order valence-corrected chi connectivity index (χ3v) is 8.29. The minimum Gasteiger partial charge on any atom is -0.475 e. The van der Waals surface area contributed by atoms with Gasteiger partial charge in [-0.05, 0) is 36.6 Å². The van der Waals surface area contributed by atoms with E-state index in [9.17, 15) is 31.2 Å². The number of hydrogen-bond donors (Lipinski definition) is 3. The Labute approximate surface area is 252 Å². The molecule has 2 aromatic rings. The first-order valence-corrected chi connectivity index (χ1v) is 14.8. The molecule has 236 valence electrons. The summed E-state index contributed by atoms with van der Waals surface area (Å²) in [4.78, 5) is 38.8. The van der Waals surface area contributed by atoms with Gasteiger partial charge in [0, 0.05) is 52.6 Å². The van der Waals surface area contributed by atoms with Crippen LogP contribution >= 0.6 is 11.6 Å². The van der Waals surface area contributed by atoms with Crippen molar-refractivity contribution in [2.24, 2.45) is 4.99 Å². The number of carboxylic acids is 1. The highest BCUT2D eigenvalue weighted by molar-refractivity contribution is 7.89. The topological polar surface area (TPSA) is 148 Å². The normalized spacial score (nSPS) is 13.0. The van der Waals surface area contributed by atoms with Crippen molar-refractivity contribution >= 4 is 50.9 Å². The number of amides is 2. The van der Waals surface area contributed by atoms with Crippen LogP contribution in [0, 0.1) is 0 Å². The Kier molecular flexibility index (Phi) is 13.0. The maximum absolute atomic E-state index is 12.9. The number of carbonyl (C=O) groups excluding carboxylic acids is 2. The molecule has 16 heteroatoms. The second-order valence-corrected chi connectivity index (χ2v) is 11.9. The number of sulfonamides is 1. The van der Waals surface area contributed by atoms with Crippen molar-refractivity contribution in [2.75, 3.05) is 45.6 Å². The third-order valence-electron chi connectivity index (χ3n) is 6.13. The van der Waals surface area contributed by atoms with Gasteiger partial charge in [-0.1, -0.05) is 35.9 Å². The van der Waals surface area contributed by atoms with Gasteiger partial charge in [-0.25, -0.2) is 17.5 Å². The van der Waals surface area contributed by atoms with E-state index in [1.807, 2.05) is 24.3 Å². The van der Waals surface area contributed by atoms with Crippen LogP contribution in [0.15, 0.2) is 52.4 Å². The predicted octanol–water partition coefficient (Wildman–Crippen LogP) is 3.38. The Bertz CT molecular complexity index is 1440. The molecule has 1 aliphatic rings. The van der Waals surface area contributed by atoms with Gasteiger partial charge in [0.1, 0.15) is 5.84 Å². The van der Waals surface area contributed by atoms with E-state index in [0.717, 1.165) is 36.5 Å². The summed E-state index contributed by atoms with van der Waals surface area (Å²) in [5.74, 6) is -2.17. The maximum Gasteiger partial charge on any atom is 0.490 e. The van der Waals surface area contributed by atoms with Crippen LogP contribution in [0.25, 0.3) is 0 Å². The van der Waals surface area contributed by atoms with Crippen molar-refractivity contribution < 1.29 is 41.1 Å². The molecule has 0 spiro atoms. The van der Waals surface area contributed by atoms with E-state index in [0.29, 0.717) is 18.7 Å². The summed E-state index contributed by atoms with van der Waals surface area (Å²) in [5.41, 5.74) is 2.53. The lowest BCUT2D eigenvalue weighted by Gasteiger charge is -2.20. The van der Waals surface area contributed by atoms with Crippen molar-refractivity contribution in [1.82, 2.24) is 14.5 Å². The number of carbonyl (C=O) groups is 3. The smallest absolute Gasteiger partial charge is 0.475 e. The quantitative estimate of drug-likeness (QED) is 0.339. The highest BCUT2D eigenvalue weighted by Gasteiger charge is 2.38. The molecule has 0 fully saturated rings. The molecule has 11 nitrogen and oxygen atoms in total. The Balaban J connectivity index is 0.000000821. The number of aliphatic carboxylic acids is 1. The molecule has 0 saturated heterocycles. The second kappa shape index (κ2) is 15.7. The number of nitrogens with zero attached hydrogens (tertiary/aromatic N) is 3. The number of amidine groups is 1. The van der Waals surface area contributed by atoms with Crippen molar-refractivity contribution in [3.63, 3.8) is 0 Å². The molecule has 0 atom stereocenters. The fourth-order valence-electron chi connectivity index (χ4n) is 3.73. The number of nitrogens with one attached hydrogen (secondary N) is 2. The number of rotatable bonds is 11. The maximum atomic E-state index is 12.9. The number of anilines is 1. The van der Waals surface area contributed by atoms with E-state index in [-0.39, 0.29) is 34.7 Å². The number of likely N-dealkylation sites (N-methyl/N-ethyl adjacent to an activating group) is 1. The first kappa shape index (κ1) is 35.5. The van der Waals surface area contributed by atoms with Crippen LogP contribution in [0.2, 0.25) is 5.02 Å². The van der Waals surface area contributed by atoms with Gasteiger partial charge in [-0.15, -0.1) is 0 Å². The van der Waals surface area contributed by atoms with E-state index in [1.165, 1.54) is 36.5 Å². The molecule has 2 aromatic carbocycles. The molecule has 0 saturated carbocycles. The van der Waals surface area contributed by atoms with Crippen molar-refractivity contribution in [2.45, 2.75) is 37.3 Å². The monoisotopic (exact) mass is 647 g/mol. The summed E-state index contributed by atoms with van der Waals surface area (Å²) >= 11 is 6.12. The Morgan fingerprint density at radius 1 is 1.09 bits per heavy atom. The van der Waals surface area contributed by atoms with E-state index in [2.05, 4.69) is 15.6 Å². The lowest BCUT2D eigenvalue weighted by Crippen LogP contribution is -2.31. The first-order valence-electron chi connectivity index (χ1n) is 13.0. The minimum absolute atomic E-state index is 0.0225. The van der Waals surface area contributed by atoms with Gasteiger partial charge in [0.15, 0.2) is 0 Å². The van der Waals surface area contributed by atoms with Gasteiger partial charge >= 0.3 is 12.1 Å². The average molecular weight is 648 g/mol. The Morgan fingerprint density at radius 2 is 1.72 bits per heavy atom. The summed E-state index contributed by atoms with van der Waals surface area (Å²) in [7, 11) is -0.558. The summed E-state index contributed by atoms with van der Waals surface area (Å²) in [6.45, 7) is 3.77. The SMILES string of the molecule is CC(=O)Nc1ccc(S(=O)(=O)N(C)CCCC(=O)N(C)CCc2ccc(C3=NCCN3)cc2)cc1Cl.O=C(O)C(F)(F)F. The predicted molar refractivity (Wildman–Crippen MR) is 156 cm³/mol. The van der Waals surface area contributed by atoms with Gasteiger partial charge in [0.2, 0.25) is 21.8 Å². The molecule has 0 aliphatic carbocycles. The average Bonchev–Trinajstić information content (AvgIpc) is 3.47. The molecule has 0 bridgehead atoms. The summed E-state index contributed by atoms with van der Waals surface area (Å²) in [5, 5.41) is 13.1. The molecule has 43 heavy (non-hydrogen) atoms. The van der Waals surface area contributed by atoms with Crippen molar-refractivity contribution in [3.05, 3.63) is 58.6 Å². The molecular weight excluding hydrogens is 615 g/mol. The van der Waals surface area contributed by atoms with Gasteiger partial charge in [0.05, 0.1) is 22.2 Å². The van der Waals surface area contributed by atoms with Gasteiger partial charge in [-0.3, -0.25) is 14.6 Å². The largest absolute Gasteiger partial charge is 0.490 e. The van der Waals surface area contributed by atoms with Crippen molar-refractivity contribution in [1.29, 1.82) is 0 Å². The van der Waals surface area contributed by atoms with Crippen molar-refractivity contribution in [3.8, 4) is 0 Å². The standard InChI is InChI=1S/C25H32ClN5O4S.C2HF3O2/c1-18(32)29-23-11-10-21(17-22(23)26)36(34,35)31(3)15-4-5-24(33)30(2)16-12-19-6-8-20(9-7-19)25-27-13-14-28-25;3-2(4,5)1(6)7/h6-11,17H,4-5,12-16H2,1-3H3,(H,27,28)(H,29,32);(H,6,7). The Hall–Kier alpha value is -3.69. The van der Waals surface area contributed by atoms with Crippen LogP contribution in [0.4, 0.5) is 18.9 Å². The summed E-state index contributed by atoms with van der Waals surface area (Å²) in [6, 6.07) is 12.3. The number of aliphatic imine (C=N–C) groups is 1. The fraction of sp³-hybridized carbons (Fsp3) is 0.407. The number of hydrogen-bond acceptors (Lipinski definition) is 7. The van der Waals surface area contributed by atoms with Crippen LogP contribution < -0.4 is 10.6 Å². The fourth-order valence-corrected chi connectivity index (χ4v) is 5.26. The first-order chi connectivity index (χ1) is 20.0. The summed E-state index contributed by atoms with van der Waals surface area (Å²) < 4.78 is 58.7. The van der Waals surface area contributed by atoms with E-state index in [1.54, 1.807) is 11.9 Å². The highest BCUT2D eigenvalue weighted by Crippen LogP contribution is 2.26. The zero-order valence-corrected chi connectivity index (χ0v) is 25.3. The molecule has 3 N–H and O–H groups in total. The van der Waals surface area contributed by atoms with Crippen LogP contribution in [-0.2, 0) is 30.8 Å². The third kappa shape index (κ3) is 11.1. The molecular formula is C27H33ClF3N5O6S. The molecule has 3 rings (SSSR count). The molecule has 0 aromatic heterocycles. The minimum atomic E-state index is -5.08. The second-order valence-electron chi connectivity index (χ2n) is 9.48. The zero-order chi connectivity index (χ0) is 32.4. The number of alkyl halides is 3. The van der Waals surface area contributed by atoms with Gasteiger partial charge < -0.3 is 20.6 Å². The molecule has 1 heterocycles. The molecule has 0 unspecified atom stereocenters. The van der Waals surface area contributed by atoms with Crippen LogP contribution in [0.3, 0.4) is 0 Å². The van der Waals surface area contributed by atoms with Gasteiger partial charge in [-0.2, -0.15) is 13.2 Å². The summed E-state index contributed by atoms with van der Waals surface area (Å²) in [6.07, 6.45) is -3.73. The van der Waals surface area contributed by atoms with E-state index >= 15 is 0 Å². The Morgan fingerprint density at radius 3 is 2.23 bits per heavy atom. The van der Waals surface area contributed by atoms with Crippen LogP contribution in [0.5, 0.6) is 0 Å². The van der Waals surface area contributed by atoms with Crippen LogP contribution in [0.1, 0.15) is 30.9 Å². The zero-order valence-electron chi connectivity index (χ0n) is 23.7. The van der Waals surface area contributed by atoms with Crippen LogP contribution in [-0.4, -0.2) is 92.8 Å². The highest BCUT2D eigenvalue weighted by atomic mass is 35.5. The number of benzene rings is 2. The van der Waals surface area contributed by atoms with Gasteiger partial charge in [0.25, 0.3) is 0 Å².